The third kappa shape index (κ3) is 3.56. The molecule has 1 unspecified atom stereocenters. The van der Waals surface area contributed by atoms with Gasteiger partial charge < -0.3 is 10.6 Å². The molecule has 2 amide bonds. The standard InChI is InChI=1S/C12H13BrN4O4/c1-6-2-7(13)8(3-10(6)17(20)21)16-12(19)9-4-15-11(18)5-14-9/h2-3,9,14H,4-5H2,1H3,(H,15,18)(H,16,19). The zero-order valence-corrected chi connectivity index (χ0v) is 12.7. The number of nitrogens with zero attached hydrogens (tertiary/aromatic N) is 1. The molecule has 0 aliphatic carbocycles. The van der Waals surface area contributed by atoms with E-state index in [2.05, 4.69) is 31.9 Å². The molecule has 1 aliphatic rings. The Morgan fingerprint density at radius 2 is 2.24 bits per heavy atom. The van der Waals surface area contributed by atoms with Gasteiger partial charge in [-0.15, -0.1) is 0 Å². The van der Waals surface area contributed by atoms with E-state index in [4.69, 9.17) is 0 Å². The molecular weight excluding hydrogens is 344 g/mol. The molecule has 3 N–H and O–H groups in total. The van der Waals surface area contributed by atoms with Crippen LogP contribution in [0.1, 0.15) is 5.56 Å². The molecule has 0 spiro atoms. The minimum absolute atomic E-state index is 0.0628. The van der Waals surface area contributed by atoms with Gasteiger partial charge in [-0.2, -0.15) is 0 Å². The van der Waals surface area contributed by atoms with Gasteiger partial charge in [0.05, 0.1) is 17.2 Å². The number of aryl methyl sites for hydroxylation is 1. The van der Waals surface area contributed by atoms with Crippen LogP contribution in [0.25, 0.3) is 0 Å². The van der Waals surface area contributed by atoms with E-state index in [9.17, 15) is 19.7 Å². The average Bonchev–Trinajstić information content (AvgIpc) is 2.42. The SMILES string of the molecule is Cc1cc(Br)c(NC(=O)C2CNC(=O)CN2)cc1[N+](=O)[O-]. The molecule has 1 heterocycles. The Balaban J connectivity index is 2.15. The highest BCUT2D eigenvalue weighted by Crippen LogP contribution is 2.30. The topological polar surface area (TPSA) is 113 Å². The number of anilines is 1. The lowest BCUT2D eigenvalue weighted by Gasteiger charge is -2.23. The summed E-state index contributed by atoms with van der Waals surface area (Å²) in [4.78, 5) is 33.5. The van der Waals surface area contributed by atoms with Gasteiger partial charge >= 0.3 is 0 Å². The van der Waals surface area contributed by atoms with Gasteiger partial charge in [0.1, 0.15) is 6.04 Å². The highest BCUT2D eigenvalue weighted by atomic mass is 79.9. The van der Waals surface area contributed by atoms with Gasteiger partial charge in [-0.1, -0.05) is 0 Å². The van der Waals surface area contributed by atoms with E-state index in [1.165, 1.54) is 6.07 Å². The van der Waals surface area contributed by atoms with Crippen LogP contribution in [0.3, 0.4) is 0 Å². The summed E-state index contributed by atoms with van der Waals surface area (Å²) in [6.07, 6.45) is 0. The maximum atomic E-state index is 12.1. The Bertz CT molecular complexity index is 610. The van der Waals surface area contributed by atoms with Gasteiger partial charge in [0.2, 0.25) is 11.8 Å². The number of hydrogen-bond donors (Lipinski definition) is 3. The van der Waals surface area contributed by atoms with Crippen LogP contribution in [0.15, 0.2) is 16.6 Å². The molecule has 1 atom stereocenters. The first-order valence-electron chi connectivity index (χ1n) is 6.14. The first-order chi connectivity index (χ1) is 9.88. The van der Waals surface area contributed by atoms with Crippen LogP contribution in [-0.4, -0.2) is 35.9 Å². The van der Waals surface area contributed by atoms with E-state index < -0.39 is 11.0 Å². The monoisotopic (exact) mass is 356 g/mol. The summed E-state index contributed by atoms with van der Waals surface area (Å²) < 4.78 is 0.554. The van der Waals surface area contributed by atoms with Gasteiger partial charge in [0, 0.05) is 22.6 Å². The number of carbonyl (C=O) groups is 2. The van der Waals surface area contributed by atoms with Crippen molar-refractivity contribution >= 4 is 39.1 Å². The predicted molar refractivity (Wildman–Crippen MR) is 79.0 cm³/mol. The fourth-order valence-corrected chi connectivity index (χ4v) is 2.48. The van der Waals surface area contributed by atoms with Crippen molar-refractivity contribution in [1.82, 2.24) is 10.6 Å². The van der Waals surface area contributed by atoms with E-state index >= 15 is 0 Å². The van der Waals surface area contributed by atoms with Gasteiger partial charge in [0.15, 0.2) is 0 Å². The van der Waals surface area contributed by atoms with E-state index in [0.29, 0.717) is 15.7 Å². The van der Waals surface area contributed by atoms with E-state index in [1.807, 2.05) is 0 Å². The lowest BCUT2D eigenvalue weighted by Crippen LogP contribution is -2.56. The van der Waals surface area contributed by atoms with Crippen LogP contribution in [0.4, 0.5) is 11.4 Å². The van der Waals surface area contributed by atoms with Crippen LogP contribution in [-0.2, 0) is 9.59 Å². The number of hydrogen-bond acceptors (Lipinski definition) is 5. The molecule has 9 heteroatoms. The van der Waals surface area contributed by atoms with Crippen LogP contribution in [0, 0.1) is 17.0 Å². The van der Waals surface area contributed by atoms with Crippen LogP contribution < -0.4 is 16.0 Å². The second-order valence-electron chi connectivity index (χ2n) is 4.60. The fourth-order valence-electron chi connectivity index (χ4n) is 1.93. The molecule has 1 aromatic rings. The summed E-state index contributed by atoms with van der Waals surface area (Å²) in [5.41, 5.74) is 0.738. The Morgan fingerprint density at radius 3 is 2.81 bits per heavy atom. The number of nitrogens with one attached hydrogen (secondary N) is 3. The Morgan fingerprint density at radius 1 is 1.52 bits per heavy atom. The number of carbonyl (C=O) groups excluding carboxylic acids is 2. The Hall–Kier alpha value is -2.00. The van der Waals surface area contributed by atoms with E-state index in [-0.39, 0.29) is 30.6 Å². The van der Waals surface area contributed by atoms with Gasteiger partial charge in [-0.05, 0) is 28.9 Å². The van der Waals surface area contributed by atoms with Crippen molar-refractivity contribution in [3.8, 4) is 0 Å². The van der Waals surface area contributed by atoms with Crippen LogP contribution in [0.5, 0.6) is 0 Å². The lowest BCUT2D eigenvalue weighted by atomic mass is 10.1. The smallest absolute Gasteiger partial charge is 0.274 e. The van der Waals surface area contributed by atoms with Crippen molar-refractivity contribution < 1.29 is 14.5 Å². The first-order valence-corrected chi connectivity index (χ1v) is 6.93. The second kappa shape index (κ2) is 6.19. The van der Waals surface area contributed by atoms with Crippen LogP contribution >= 0.6 is 15.9 Å². The number of nitro benzene ring substituents is 1. The van der Waals surface area contributed by atoms with E-state index in [0.717, 1.165) is 0 Å². The summed E-state index contributed by atoms with van der Waals surface area (Å²) in [5.74, 6) is -0.542. The van der Waals surface area contributed by atoms with Crippen LogP contribution in [0.2, 0.25) is 0 Å². The van der Waals surface area contributed by atoms with Crippen molar-refractivity contribution in [3.05, 3.63) is 32.3 Å². The minimum atomic E-state index is -0.574. The molecule has 1 saturated heterocycles. The lowest BCUT2D eigenvalue weighted by molar-refractivity contribution is -0.385. The molecule has 0 bridgehead atoms. The average molecular weight is 357 g/mol. The maximum Gasteiger partial charge on any atom is 0.274 e. The third-order valence-electron chi connectivity index (χ3n) is 3.07. The number of amides is 2. The largest absolute Gasteiger partial charge is 0.353 e. The van der Waals surface area contributed by atoms with E-state index in [1.54, 1.807) is 13.0 Å². The molecule has 1 fully saturated rings. The maximum absolute atomic E-state index is 12.1. The number of rotatable bonds is 3. The summed E-state index contributed by atoms with van der Waals surface area (Å²) in [7, 11) is 0. The zero-order chi connectivity index (χ0) is 15.6. The van der Waals surface area contributed by atoms with Gasteiger partial charge in [0.25, 0.3) is 5.69 Å². The highest BCUT2D eigenvalue weighted by molar-refractivity contribution is 9.10. The fraction of sp³-hybridized carbons (Fsp3) is 0.333. The summed E-state index contributed by atoms with van der Waals surface area (Å²) in [6, 6.07) is 2.30. The molecule has 1 aromatic carbocycles. The van der Waals surface area contributed by atoms with Gasteiger partial charge in [-0.25, -0.2) is 0 Å². The molecule has 1 aliphatic heterocycles. The zero-order valence-electron chi connectivity index (χ0n) is 11.1. The predicted octanol–water partition coefficient (Wildman–Crippen LogP) is 0.692. The molecule has 0 radical (unpaired) electrons. The van der Waals surface area contributed by atoms with Crippen molar-refractivity contribution in [2.75, 3.05) is 18.4 Å². The Kier molecular flexibility index (Phi) is 4.53. The number of nitro groups is 1. The van der Waals surface area contributed by atoms with Crippen molar-refractivity contribution in [2.24, 2.45) is 0 Å². The molecule has 21 heavy (non-hydrogen) atoms. The molecule has 2 rings (SSSR count). The number of halogens is 1. The molecule has 0 saturated carbocycles. The van der Waals surface area contributed by atoms with Crippen molar-refractivity contribution in [1.29, 1.82) is 0 Å². The first kappa shape index (κ1) is 15.4. The third-order valence-corrected chi connectivity index (χ3v) is 3.73. The number of benzene rings is 1. The molecule has 0 aromatic heterocycles. The molecule has 8 nitrogen and oxygen atoms in total. The summed E-state index contributed by atoms with van der Waals surface area (Å²) in [6.45, 7) is 1.86. The van der Waals surface area contributed by atoms with Gasteiger partial charge in [-0.3, -0.25) is 25.0 Å². The Labute approximate surface area is 128 Å². The summed E-state index contributed by atoms with van der Waals surface area (Å²) >= 11 is 3.26. The quantitative estimate of drug-likeness (QED) is 0.544. The normalized spacial score (nSPS) is 18.0. The van der Waals surface area contributed by atoms with Crippen molar-refractivity contribution in [3.63, 3.8) is 0 Å². The second-order valence-corrected chi connectivity index (χ2v) is 5.46. The summed E-state index contributed by atoms with van der Waals surface area (Å²) in [5, 5.41) is 18.9. The molecule has 112 valence electrons. The highest BCUT2D eigenvalue weighted by Gasteiger charge is 2.25. The molecular formula is C12H13BrN4O4. The number of piperazine rings is 1. The minimum Gasteiger partial charge on any atom is -0.353 e. The van der Waals surface area contributed by atoms with Crippen molar-refractivity contribution in [2.45, 2.75) is 13.0 Å².